The molecule has 0 aliphatic rings. The Bertz CT molecular complexity index is 482. The van der Waals surface area contributed by atoms with E-state index in [1.54, 1.807) is 6.07 Å². The Morgan fingerprint density at radius 1 is 1.25 bits per heavy atom. The summed E-state index contributed by atoms with van der Waals surface area (Å²) in [6.07, 6.45) is 0. The van der Waals surface area contributed by atoms with Crippen molar-refractivity contribution in [3.05, 3.63) is 16.3 Å². The van der Waals surface area contributed by atoms with E-state index in [2.05, 4.69) is 28.8 Å². The standard InChI is InChI=1S/C13H25N3O2S2/c1-4-14-11-12-13(7-10-19-12)20(17,18)15-8-9-16(5-2)6-3/h7,10,14-15H,4-6,8-9,11H2,1-3H3. The second-order valence-corrected chi connectivity index (χ2v) is 7.15. The molecule has 0 saturated carbocycles. The zero-order valence-corrected chi connectivity index (χ0v) is 14.1. The number of hydrogen-bond donors (Lipinski definition) is 2. The summed E-state index contributed by atoms with van der Waals surface area (Å²) in [5.41, 5.74) is 0. The van der Waals surface area contributed by atoms with Gasteiger partial charge in [-0.3, -0.25) is 0 Å². The molecule has 0 atom stereocenters. The fourth-order valence-corrected chi connectivity index (χ4v) is 4.32. The Kier molecular flexibility index (Phi) is 7.68. The van der Waals surface area contributed by atoms with Crippen molar-refractivity contribution in [2.24, 2.45) is 0 Å². The maximum Gasteiger partial charge on any atom is 0.241 e. The van der Waals surface area contributed by atoms with Crippen LogP contribution in [0.4, 0.5) is 0 Å². The molecular weight excluding hydrogens is 294 g/mol. The quantitative estimate of drug-likeness (QED) is 0.686. The lowest BCUT2D eigenvalue weighted by atomic mass is 10.4. The Hall–Kier alpha value is -0.470. The smallest absolute Gasteiger partial charge is 0.241 e. The van der Waals surface area contributed by atoms with Crippen LogP contribution in [-0.2, 0) is 16.6 Å². The number of rotatable bonds is 10. The molecule has 1 heterocycles. The van der Waals surface area contributed by atoms with Crippen LogP contribution in [0.5, 0.6) is 0 Å². The summed E-state index contributed by atoms with van der Waals surface area (Å²) in [4.78, 5) is 3.46. The van der Waals surface area contributed by atoms with Crippen LogP contribution >= 0.6 is 11.3 Å². The van der Waals surface area contributed by atoms with Gasteiger partial charge in [0.05, 0.1) is 4.90 Å². The fraction of sp³-hybridized carbons (Fsp3) is 0.692. The summed E-state index contributed by atoms with van der Waals surface area (Å²) >= 11 is 1.47. The van der Waals surface area contributed by atoms with Crippen LogP contribution in [0, 0.1) is 0 Å². The highest BCUT2D eigenvalue weighted by atomic mass is 32.2. The van der Waals surface area contributed by atoms with Crippen LogP contribution in [0.25, 0.3) is 0 Å². The molecule has 1 aromatic rings. The van der Waals surface area contributed by atoms with E-state index in [4.69, 9.17) is 0 Å². The molecule has 116 valence electrons. The van der Waals surface area contributed by atoms with Gasteiger partial charge in [0, 0.05) is 24.5 Å². The molecule has 0 aliphatic heterocycles. The summed E-state index contributed by atoms with van der Waals surface area (Å²) < 4.78 is 27.3. The van der Waals surface area contributed by atoms with E-state index in [-0.39, 0.29) is 0 Å². The van der Waals surface area contributed by atoms with Crippen LogP contribution in [0.1, 0.15) is 25.6 Å². The number of hydrogen-bond acceptors (Lipinski definition) is 5. The van der Waals surface area contributed by atoms with E-state index in [1.807, 2.05) is 12.3 Å². The molecule has 1 aromatic heterocycles. The Morgan fingerprint density at radius 2 is 1.95 bits per heavy atom. The van der Waals surface area contributed by atoms with Gasteiger partial charge in [-0.25, -0.2) is 13.1 Å². The first-order valence-corrected chi connectivity index (χ1v) is 9.40. The molecule has 0 aromatic carbocycles. The molecule has 0 fully saturated rings. The molecule has 0 amide bonds. The van der Waals surface area contributed by atoms with E-state index >= 15 is 0 Å². The van der Waals surface area contributed by atoms with Gasteiger partial charge in [-0.2, -0.15) is 0 Å². The summed E-state index contributed by atoms with van der Waals surface area (Å²) in [6.45, 7) is 10.6. The lowest BCUT2D eigenvalue weighted by molar-refractivity contribution is 0.309. The van der Waals surface area contributed by atoms with Crippen LogP contribution in [0.15, 0.2) is 16.3 Å². The first-order chi connectivity index (χ1) is 9.55. The first kappa shape index (κ1) is 17.6. The molecule has 5 nitrogen and oxygen atoms in total. The Labute approximate surface area is 126 Å². The van der Waals surface area contributed by atoms with E-state index in [0.717, 1.165) is 31.1 Å². The third-order valence-electron chi connectivity index (χ3n) is 3.14. The lowest BCUT2D eigenvalue weighted by Gasteiger charge is -2.18. The molecule has 7 heteroatoms. The molecule has 20 heavy (non-hydrogen) atoms. The summed E-state index contributed by atoms with van der Waals surface area (Å²) in [5, 5.41) is 4.99. The minimum absolute atomic E-state index is 0.406. The van der Waals surface area contributed by atoms with Crippen molar-refractivity contribution in [2.75, 3.05) is 32.7 Å². The average Bonchev–Trinajstić information content (AvgIpc) is 2.90. The summed E-state index contributed by atoms with van der Waals surface area (Å²) in [7, 11) is -3.40. The Balaban J connectivity index is 2.62. The van der Waals surface area contributed by atoms with E-state index in [0.29, 0.717) is 18.0 Å². The predicted octanol–water partition coefficient (Wildman–Crippen LogP) is 1.48. The second-order valence-electron chi connectivity index (χ2n) is 4.41. The molecular formula is C13H25N3O2S2. The lowest BCUT2D eigenvalue weighted by Crippen LogP contribution is -2.35. The highest BCUT2D eigenvalue weighted by Gasteiger charge is 2.19. The number of nitrogens with one attached hydrogen (secondary N) is 2. The van der Waals surface area contributed by atoms with Gasteiger partial charge in [0.15, 0.2) is 0 Å². The van der Waals surface area contributed by atoms with Crippen molar-refractivity contribution in [1.82, 2.24) is 14.9 Å². The van der Waals surface area contributed by atoms with E-state index < -0.39 is 10.0 Å². The van der Waals surface area contributed by atoms with Gasteiger partial charge >= 0.3 is 0 Å². The van der Waals surface area contributed by atoms with Gasteiger partial charge in [0.2, 0.25) is 10.0 Å². The minimum Gasteiger partial charge on any atom is -0.312 e. The third kappa shape index (κ3) is 5.14. The molecule has 2 N–H and O–H groups in total. The van der Waals surface area contributed by atoms with Crippen molar-refractivity contribution < 1.29 is 8.42 Å². The largest absolute Gasteiger partial charge is 0.312 e. The molecule has 0 bridgehead atoms. The van der Waals surface area contributed by atoms with Crippen LogP contribution < -0.4 is 10.0 Å². The zero-order chi connectivity index (χ0) is 15.0. The number of thiophene rings is 1. The third-order valence-corrected chi connectivity index (χ3v) is 5.74. The van der Waals surface area contributed by atoms with Crippen LogP contribution in [0.3, 0.4) is 0 Å². The highest BCUT2D eigenvalue weighted by molar-refractivity contribution is 7.89. The van der Waals surface area contributed by atoms with Crippen molar-refractivity contribution >= 4 is 21.4 Å². The van der Waals surface area contributed by atoms with Gasteiger partial charge in [0.1, 0.15) is 0 Å². The minimum atomic E-state index is -3.40. The van der Waals surface area contributed by atoms with E-state index in [9.17, 15) is 8.42 Å². The average molecular weight is 319 g/mol. The van der Waals surface area contributed by atoms with Gasteiger partial charge < -0.3 is 10.2 Å². The first-order valence-electron chi connectivity index (χ1n) is 7.04. The summed E-state index contributed by atoms with van der Waals surface area (Å²) in [5.74, 6) is 0. The zero-order valence-electron chi connectivity index (χ0n) is 12.5. The molecule has 0 unspecified atom stereocenters. The number of sulfonamides is 1. The molecule has 1 rings (SSSR count). The molecule has 0 spiro atoms. The van der Waals surface area contributed by atoms with Gasteiger partial charge in [-0.1, -0.05) is 20.8 Å². The molecule has 0 radical (unpaired) electrons. The van der Waals surface area contributed by atoms with Crippen LogP contribution in [0.2, 0.25) is 0 Å². The molecule has 0 saturated heterocycles. The predicted molar refractivity (Wildman–Crippen MR) is 84.7 cm³/mol. The topological polar surface area (TPSA) is 61.4 Å². The Morgan fingerprint density at radius 3 is 2.55 bits per heavy atom. The maximum absolute atomic E-state index is 12.3. The van der Waals surface area contributed by atoms with Crippen molar-refractivity contribution in [3.63, 3.8) is 0 Å². The SMILES string of the molecule is CCNCc1sccc1S(=O)(=O)NCCN(CC)CC. The van der Waals surface area contributed by atoms with Gasteiger partial charge in [-0.15, -0.1) is 11.3 Å². The van der Waals surface area contributed by atoms with Crippen molar-refractivity contribution in [2.45, 2.75) is 32.2 Å². The number of nitrogens with zero attached hydrogens (tertiary/aromatic N) is 1. The highest BCUT2D eigenvalue weighted by Crippen LogP contribution is 2.21. The second kappa shape index (κ2) is 8.74. The number of likely N-dealkylation sites (N-methyl/N-ethyl adjacent to an activating group) is 1. The van der Waals surface area contributed by atoms with E-state index in [1.165, 1.54) is 11.3 Å². The van der Waals surface area contributed by atoms with Crippen molar-refractivity contribution in [3.8, 4) is 0 Å². The van der Waals surface area contributed by atoms with Gasteiger partial charge in [-0.05, 0) is 31.1 Å². The summed E-state index contributed by atoms with van der Waals surface area (Å²) in [6, 6.07) is 1.68. The van der Waals surface area contributed by atoms with Gasteiger partial charge in [0.25, 0.3) is 0 Å². The van der Waals surface area contributed by atoms with Crippen LogP contribution in [-0.4, -0.2) is 46.0 Å². The van der Waals surface area contributed by atoms with Crippen molar-refractivity contribution in [1.29, 1.82) is 0 Å². The monoisotopic (exact) mass is 319 g/mol. The normalized spacial score (nSPS) is 12.2. The maximum atomic E-state index is 12.3. The molecule has 0 aliphatic carbocycles. The fourth-order valence-electron chi connectivity index (χ4n) is 1.89.